The predicted molar refractivity (Wildman–Crippen MR) is 77.5 cm³/mol. The third-order valence-corrected chi connectivity index (χ3v) is 4.80. The molecule has 0 unspecified atom stereocenters. The van der Waals surface area contributed by atoms with E-state index in [4.69, 9.17) is 0 Å². The topological polar surface area (TPSA) is 24.5 Å². The number of nitrogens with one attached hydrogen (secondary N) is 1. The highest BCUT2D eigenvalue weighted by Crippen LogP contribution is 2.39. The maximum absolute atomic E-state index is 13.7. The van der Waals surface area contributed by atoms with Gasteiger partial charge < -0.3 is 10.1 Å². The molecule has 0 amide bonds. The molecule has 2 aliphatic rings. The number of likely N-dealkylation sites (tertiary alicyclic amines) is 1. The molecule has 1 N–H and O–H groups in total. The predicted octanol–water partition coefficient (Wildman–Crippen LogP) is 3.00. The monoisotopic (exact) mass is 314 g/mol. The smallest absolute Gasteiger partial charge is 0.387 e. The van der Waals surface area contributed by atoms with Crippen LogP contribution in [0.25, 0.3) is 0 Å². The van der Waals surface area contributed by atoms with Gasteiger partial charge in [0.25, 0.3) is 0 Å². The van der Waals surface area contributed by atoms with Crippen LogP contribution in [0.3, 0.4) is 0 Å². The summed E-state index contributed by atoms with van der Waals surface area (Å²) in [6.45, 7) is 1.84. The van der Waals surface area contributed by atoms with Gasteiger partial charge in [0.2, 0.25) is 0 Å². The first-order valence-corrected chi connectivity index (χ1v) is 7.73. The summed E-state index contributed by atoms with van der Waals surface area (Å²) in [5.74, 6) is -1.12. The average molecular weight is 314 g/mol. The molecule has 2 saturated heterocycles. The third-order valence-electron chi connectivity index (χ3n) is 4.80. The van der Waals surface area contributed by atoms with Crippen molar-refractivity contribution in [3.63, 3.8) is 0 Å². The van der Waals surface area contributed by atoms with E-state index in [-0.39, 0.29) is 0 Å². The molecule has 2 fully saturated rings. The second-order valence-electron chi connectivity index (χ2n) is 6.35. The summed E-state index contributed by atoms with van der Waals surface area (Å²) in [6.07, 6.45) is 3.57. The standard InChI is InChI=1S/C16H21F3N2O/c17-13-9-12(1-2-14(13)22-15(18)19)10-21-8-5-16(11-21)3-6-20-7-4-16/h1-2,9,15,20H,3-8,10-11H2. The molecule has 0 bridgehead atoms. The van der Waals surface area contributed by atoms with E-state index in [0.29, 0.717) is 12.0 Å². The normalized spacial score (nSPS) is 21.6. The Bertz CT molecular complexity index is 518. The van der Waals surface area contributed by atoms with Crippen LogP contribution in [0.15, 0.2) is 18.2 Å². The van der Waals surface area contributed by atoms with Crippen molar-refractivity contribution in [2.75, 3.05) is 26.2 Å². The van der Waals surface area contributed by atoms with Gasteiger partial charge in [0.1, 0.15) is 0 Å². The lowest BCUT2D eigenvalue weighted by Gasteiger charge is -2.33. The molecule has 0 aliphatic carbocycles. The van der Waals surface area contributed by atoms with Crippen molar-refractivity contribution >= 4 is 0 Å². The highest BCUT2D eigenvalue weighted by atomic mass is 19.3. The van der Waals surface area contributed by atoms with E-state index in [2.05, 4.69) is 15.0 Å². The van der Waals surface area contributed by atoms with Gasteiger partial charge in [-0.05, 0) is 62.0 Å². The highest BCUT2D eigenvalue weighted by Gasteiger charge is 2.38. The van der Waals surface area contributed by atoms with Crippen LogP contribution in [0.4, 0.5) is 13.2 Å². The van der Waals surface area contributed by atoms with Crippen LogP contribution >= 0.6 is 0 Å². The number of nitrogens with zero attached hydrogens (tertiary/aromatic N) is 1. The molecule has 1 aromatic rings. The molecule has 6 heteroatoms. The second kappa shape index (κ2) is 6.46. The number of benzene rings is 1. The maximum Gasteiger partial charge on any atom is 0.387 e. The molecular formula is C16H21F3N2O. The third kappa shape index (κ3) is 3.55. The maximum atomic E-state index is 13.7. The lowest BCUT2D eigenvalue weighted by atomic mass is 9.78. The lowest BCUT2D eigenvalue weighted by Crippen LogP contribution is -2.38. The Kier molecular flexibility index (Phi) is 4.59. The fourth-order valence-corrected chi connectivity index (χ4v) is 3.62. The molecule has 2 aliphatic heterocycles. The Morgan fingerprint density at radius 2 is 2.00 bits per heavy atom. The van der Waals surface area contributed by atoms with Crippen LogP contribution in [-0.2, 0) is 6.54 Å². The number of hydrogen-bond donors (Lipinski definition) is 1. The van der Waals surface area contributed by atoms with Gasteiger partial charge >= 0.3 is 6.61 Å². The Balaban J connectivity index is 1.60. The fourth-order valence-electron chi connectivity index (χ4n) is 3.62. The van der Waals surface area contributed by atoms with Crippen LogP contribution in [-0.4, -0.2) is 37.7 Å². The number of ether oxygens (including phenoxy) is 1. The van der Waals surface area contributed by atoms with Crippen molar-refractivity contribution < 1.29 is 17.9 Å². The number of alkyl halides is 2. The molecule has 1 aromatic carbocycles. The fraction of sp³-hybridized carbons (Fsp3) is 0.625. The molecule has 3 rings (SSSR count). The molecular weight excluding hydrogens is 293 g/mol. The summed E-state index contributed by atoms with van der Waals surface area (Å²) in [6, 6.07) is 4.24. The number of hydrogen-bond acceptors (Lipinski definition) is 3. The van der Waals surface area contributed by atoms with E-state index in [9.17, 15) is 13.2 Å². The SMILES string of the molecule is Fc1cc(CN2CCC3(CCNCC3)C2)ccc1OC(F)F. The van der Waals surface area contributed by atoms with Crippen molar-refractivity contribution in [1.82, 2.24) is 10.2 Å². The molecule has 3 nitrogen and oxygen atoms in total. The van der Waals surface area contributed by atoms with Crippen LogP contribution < -0.4 is 10.1 Å². The molecule has 0 aromatic heterocycles. The zero-order chi connectivity index (χ0) is 15.6. The average Bonchev–Trinajstić information content (AvgIpc) is 2.85. The second-order valence-corrected chi connectivity index (χ2v) is 6.35. The summed E-state index contributed by atoms with van der Waals surface area (Å²) in [5.41, 5.74) is 1.20. The first-order chi connectivity index (χ1) is 10.6. The van der Waals surface area contributed by atoms with Crippen molar-refractivity contribution in [2.24, 2.45) is 5.41 Å². The Hall–Kier alpha value is -1.27. The minimum Gasteiger partial charge on any atom is -0.432 e. The first-order valence-electron chi connectivity index (χ1n) is 7.73. The molecule has 0 saturated carbocycles. The van der Waals surface area contributed by atoms with Crippen molar-refractivity contribution in [3.05, 3.63) is 29.6 Å². The van der Waals surface area contributed by atoms with Crippen molar-refractivity contribution in [1.29, 1.82) is 0 Å². The van der Waals surface area contributed by atoms with Crippen molar-refractivity contribution in [2.45, 2.75) is 32.4 Å². The highest BCUT2D eigenvalue weighted by molar-refractivity contribution is 5.29. The van der Waals surface area contributed by atoms with Gasteiger partial charge in [-0.25, -0.2) is 4.39 Å². The summed E-state index contributed by atoms with van der Waals surface area (Å²) in [4.78, 5) is 2.33. The molecule has 122 valence electrons. The van der Waals surface area contributed by atoms with Crippen LogP contribution in [0, 0.1) is 11.2 Å². The van der Waals surface area contributed by atoms with Crippen LogP contribution in [0.1, 0.15) is 24.8 Å². The van der Waals surface area contributed by atoms with Crippen LogP contribution in [0.5, 0.6) is 5.75 Å². The van der Waals surface area contributed by atoms with Gasteiger partial charge in [-0.15, -0.1) is 0 Å². The van der Waals surface area contributed by atoms with Crippen LogP contribution in [0.2, 0.25) is 0 Å². The molecule has 0 radical (unpaired) electrons. The van der Waals surface area contributed by atoms with Gasteiger partial charge in [0.05, 0.1) is 0 Å². The minimum atomic E-state index is -3.00. The van der Waals surface area contributed by atoms with Gasteiger partial charge in [-0.1, -0.05) is 6.07 Å². The largest absolute Gasteiger partial charge is 0.432 e. The summed E-state index contributed by atoms with van der Waals surface area (Å²) >= 11 is 0. The number of halogens is 3. The molecule has 0 atom stereocenters. The molecule has 22 heavy (non-hydrogen) atoms. The zero-order valence-electron chi connectivity index (χ0n) is 12.5. The number of piperidine rings is 1. The number of rotatable bonds is 4. The quantitative estimate of drug-likeness (QED) is 0.924. The minimum absolute atomic E-state index is 0.394. The van der Waals surface area contributed by atoms with Gasteiger partial charge in [0.15, 0.2) is 11.6 Å². The van der Waals surface area contributed by atoms with E-state index in [1.54, 1.807) is 6.07 Å². The molecule has 1 spiro atoms. The van der Waals surface area contributed by atoms with E-state index >= 15 is 0 Å². The summed E-state index contributed by atoms with van der Waals surface area (Å²) in [5, 5.41) is 3.39. The van der Waals surface area contributed by atoms with E-state index in [1.807, 2.05) is 0 Å². The van der Waals surface area contributed by atoms with E-state index in [0.717, 1.165) is 31.7 Å². The Morgan fingerprint density at radius 1 is 1.23 bits per heavy atom. The van der Waals surface area contributed by atoms with E-state index < -0.39 is 18.2 Å². The Morgan fingerprint density at radius 3 is 2.68 bits per heavy atom. The molecule has 2 heterocycles. The lowest BCUT2D eigenvalue weighted by molar-refractivity contribution is -0.0522. The first kappa shape index (κ1) is 15.6. The summed E-state index contributed by atoms with van der Waals surface area (Å²) < 4.78 is 42.1. The van der Waals surface area contributed by atoms with Gasteiger partial charge in [-0.2, -0.15) is 8.78 Å². The Labute approximate surface area is 128 Å². The van der Waals surface area contributed by atoms with Gasteiger partial charge in [-0.3, -0.25) is 4.90 Å². The van der Waals surface area contributed by atoms with Crippen molar-refractivity contribution in [3.8, 4) is 5.75 Å². The van der Waals surface area contributed by atoms with E-state index in [1.165, 1.54) is 31.4 Å². The zero-order valence-corrected chi connectivity index (χ0v) is 12.5. The van der Waals surface area contributed by atoms with Gasteiger partial charge in [0, 0.05) is 13.1 Å². The summed E-state index contributed by atoms with van der Waals surface area (Å²) in [7, 11) is 0.